The van der Waals surface area contributed by atoms with E-state index in [1.165, 1.54) is 6.07 Å². The number of hydrogen-bond donors (Lipinski definition) is 0. The summed E-state index contributed by atoms with van der Waals surface area (Å²) in [5.41, 5.74) is 2.57. The predicted molar refractivity (Wildman–Crippen MR) is 102 cm³/mol. The monoisotopic (exact) mass is 438 g/mol. The molecule has 0 bridgehead atoms. The molecule has 0 aliphatic carbocycles. The van der Waals surface area contributed by atoms with Crippen LogP contribution in [0.25, 0.3) is 5.57 Å². The molecule has 3 heterocycles. The van der Waals surface area contributed by atoms with Crippen molar-refractivity contribution in [2.75, 3.05) is 0 Å². The van der Waals surface area contributed by atoms with Crippen LogP contribution < -0.4 is 0 Å². The molecule has 0 amide bonds. The number of aryl methyl sites for hydroxylation is 2. The van der Waals surface area contributed by atoms with E-state index in [0.29, 0.717) is 27.0 Å². The zero-order valence-corrected chi connectivity index (χ0v) is 16.8. The summed E-state index contributed by atoms with van der Waals surface area (Å²) in [7, 11) is 0. The zero-order chi connectivity index (χ0) is 19.8. The van der Waals surface area contributed by atoms with E-state index >= 15 is 8.63 Å². The minimum absolute atomic E-state index is 0.0498. The Hall–Kier alpha value is -2.09. The number of hydrogen-bond acceptors (Lipinski definition) is 0. The highest BCUT2D eigenvalue weighted by Crippen LogP contribution is 2.46. The molecule has 2 aliphatic rings. The molecule has 0 fully saturated rings. The van der Waals surface area contributed by atoms with Gasteiger partial charge in [-0.1, -0.05) is 15.9 Å². The van der Waals surface area contributed by atoms with E-state index in [4.69, 9.17) is 0 Å². The van der Waals surface area contributed by atoms with Crippen molar-refractivity contribution in [2.45, 2.75) is 27.7 Å². The first-order valence-corrected chi connectivity index (χ1v) is 9.27. The van der Waals surface area contributed by atoms with E-state index in [2.05, 4.69) is 15.9 Å². The van der Waals surface area contributed by atoms with Gasteiger partial charge in [-0.15, -0.1) is 0 Å². The predicted octanol–water partition coefficient (Wildman–Crippen LogP) is 5.57. The summed E-state index contributed by atoms with van der Waals surface area (Å²) in [5, 5.41) is 0. The number of allylic oxidation sites excluding steroid dienone is 2. The van der Waals surface area contributed by atoms with Crippen molar-refractivity contribution in [3.8, 4) is 0 Å². The molecule has 1 aromatic heterocycles. The lowest BCUT2D eigenvalue weighted by molar-refractivity contribution is -0.363. The normalized spacial score (nSPS) is 18.0. The van der Waals surface area contributed by atoms with Crippen LogP contribution in [0, 0.1) is 25.5 Å². The Labute approximate surface area is 162 Å². The molecule has 0 atom stereocenters. The molecule has 0 spiro atoms. The molecule has 2 aromatic rings. The van der Waals surface area contributed by atoms with Gasteiger partial charge in [0, 0.05) is 34.3 Å². The molecule has 1 aromatic carbocycles. The average molecular weight is 439 g/mol. The van der Waals surface area contributed by atoms with Gasteiger partial charge in [-0.25, -0.2) is 8.78 Å². The Kier molecular flexibility index (Phi) is 3.86. The van der Waals surface area contributed by atoms with Crippen LogP contribution in [-0.4, -0.2) is 21.6 Å². The van der Waals surface area contributed by atoms with E-state index in [0.717, 1.165) is 15.0 Å². The summed E-state index contributed by atoms with van der Waals surface area (Å²) < 4.78 is 62.2. The van der Waals surface area contributed by atoms with Crippen LogP contribution in [0.1, 0.15) is 36.4 Å². The van der Waals surface area contributed by atoms with Gasteiger partial charge in [0.25, 0.3) is 0 Å². The van der Waals surface area contributed by atoms with Crippen molar-refractivity contribution in [1.82, 2.24) is 4.48 Å². The molecule has 0 unspecified atom stereocenters. The maximum atomic E-state index is 15.5. The smallest absolute Gasteiger partial charge is 0.393 e. The van der Waals surface area contributed by atoms with E-state index in [1.54, 1.807) is 39.8 Å². The Morgan fingerprint density at radius 1 is 1.07 bits per heavy atom. The zero-order valence-electron chi connectivity index (χ0n) is 15.2. The molecule has 2 nitrogen and oxygen atoms in total. The second kappa shape index (κ2) is 5.71. The van der Waals surface area contributed by atoms with Gasteiger partial charge >= 0.3 is 6.97 Å². The third kappa shape index (κ3) is 2.28. The average Bonchev–Trinajstić information content (AvgIpc) is 3.04. The third-order valence-corrected chi connectivity index (χ3v) is 5.89. The van der Waals surface area contributed by atoms with E-state index < -0.39 is 18.6 Å². The van der Waals surface area contributed by atoms with Crippen LogP contribution in [0.2, 0.25) is 0 Å². The fourth-order valence-electron chi connectivity index (χ4n) is 4.29. The summed E-state index contributed by atoms with van der Waals surface area (Å²) in [6.07, 6.45) is 1.65. The van der Waals surface area contributed by atoms with E-state index in [-0.39, 0.29) is 22.5 Å². The van der Waals surface area contributed by atoms with Gasteiger partial charge in [0.2, 0.25) is 0 Å². The minimum Gasteiger partial charge on any atom is -0.393 e. The molecule has 2 aliphatic heterocycles. The minimum atomic E-state index is -4.15. The van der Waals surface area contributed by atoms with Gasteiger partial charge in [-0.2, -0.15) is 0 Å². The molecule has 8 heteroatoms. The van der Waals surface area contributed by atoms with Crippen LogP contribution in [0.3, 0.4) is 0 Å². The summed E-state index contributed by atoms with van der Waals surface area (Å²) in [6.45, 7) is 2.45. The van der Waals surface area contributed by atoms with Crippen molar-refractivity contribution in [3.05, 3.63) is 74.2 Å². The largest absolute Gasteiger partial charge is 0.737 e. The van der Waals surface area contributed by atoms with E-state index in [9.17, 15) is 8.78 Å². The summed E-state index contributed by atoms with van der Waals surface area (Å²) in [6, 6.07) is 4.05. The van der Waals surface area contributed by atoms with Gasteiger partial charge in [0.05, 0.1) is 5.57 Å². The number of benzene rings is 1. The Balaban J connectivity index is 2.25. The van der Waals surface area contributed by atoms with E-state index in [1.807, 2.05) is 0 Å². The standard InChI is InChI=1S/C19H16BBrF4N2/c1-9-7-11(3)26-18(9)16(15-13(21)5-6-14(22)17(15)23)19-10(2)8-12(4)27(19)20(26,24)25/h5-8H,1-4H3. The van der Waals surface area contributed by atoms with Crippen LogP contribution in [0.5, 0.6) is 0 Å². The molecule has 0 saturated heterocycles. The molecule has 27 heavy (non-hydrogen) atoms. The quantitative estimate of drug-likeness (QED) is 0.312. The number of fused-ring (bicyclic) bond motifs is 2. The highest BCUT2D eigenvalue weighted by atomic mass is 79.9. The van der Waals surface area contributed by atoms with Crippen LogP contribution >= 0.6 is 15.9 Å². The Morgan fingerprint density at radius 2 is 1.74 bits per heavy atom. The number of rotatable bonds is 1. The fourth-order valence-corrected chi connectivity index (χ4v) is 4.80. The SMILES string of the molecule is CC1=CC(C)=[N+]2C1=C(c1c(Br)ccc(F)c1F)c1c(C)cc(C)n1[B-]2(F)F. The van der Waals surface area contributed by atoms with Gasteiger partial charge in [-0.3, -0.25) is 0 Å². The Bertz CT molecular complexity index is 1130. The summed E-state index contributed by atoms with van der Waals surface area (Å²) >= 11 is 3.28. The van der Waals surface area contributed by atoms with Gasteiger partial charge in [-0.05, 0) is 50.2 Å². The lowest BCUT2D eigenvalue weighted by atomic mass is 9.83. The molecular weight excluding hydrogens is 423 g/mol. The fraction of sp³-hybridized carbons (Fsp3) is 0.211. The molecule has 0 radical (unpaired) electrons. The molecule has 4 rings (SSSR count). The molecule has 0 N–H and O–H groups in total. The second-order valence-corrected chi connectivity index (χ2v) is 7.91. The van der Waals surface area contributed by atoms with Crippen molar-refractivity contribution < 1.29 is 21.9 Å². The van der Waals surface area contributed by atoms with Gasteiger partial charge in [0.15, 0.2) is 17.3 Å². The van der Waals surface area contributed by atoms with Gasteiger partial charge < -0.3 is 17.6 Å². The Morgan fingerprint density at radius 3 is 2.41 bits per heavy atom. The topological polar surface area (TPSA) is 7.94 Å². The molecular formula is C19H16BBrF4N2. The second-order valence-electron chi connectivity index (χ2n) is 7.06. The van der Waals surface area contributed by atoms with Crippen molar-refractivity contribution in [1.29, 1.82) is 0 Å². The molecule has 0 saturated carbocycles. The summed E-state index contributed by atoms with van der Waals surface area (Å²) in [5.74, 6) is -2.09. The van der Waals surface area contributed by atoms with Crippen molar-refractivity contribution >= 4 is 34.2 Å². The number of halogens is 5. The third-order valence-electron chi connectivity index (χ3n) is 5.23. The highest BCUT2D eigenvalue weighted by Gasteiger charge is 2.55. The molecule has 140 valence electrons. The first kappa shape index (κ1) is 18.3. The maximum absolute atomic E-state index is 15.5. The lowest BCUT2D eigenvalue weighted by Gasteiger charge is -2.34. The first-order chi connectivity index (χ1) is 12.6. The number of aromatic nitrogens is 1. The van der Waals surface area contributed by atoms with Gasteiger partial charge in [0.1, 0.15) is 5.71 Å². The maximum Gasteiger partial charge on any atom is 0.737 e. The first-order valence-electron chi connectivity index (χ1n) is 8.48. The highest BCUT2D eigenvalue weighted by molar-refractivity contribution is 9.10. The van der Waals surface area contributed by atoms with Crippen molar-refractivity contribution in [3.63, 3.8) is 0 Å². The van der Waals surface area contributed by atoms with Crippen LogP contribution in [-0.2, 0) is 0 Å². The summed E-state index contributed by atoms with van der Waals surface area (Å²) in [4.78, 5) is 0. The van der Waals surface area contributed by atoms with Crippen LogP contribution in [0.15, 0.2) is 40.0 Å². The van der Waals surface area contributed by atoms with Crippen LogP contribution in [0.4, 0.5) is 17.4 Å². The van der Waals surface area contributed by atoms with Crippen molar-refractivity contribution in [2.24, 2.45) is 0 Å². The lowest BCUT2D eigenvalue weighted by Crippen LogP contribution is -2.51. The number of nitrogens with zero attached hydrogens (tertiary/aromatic N) is 2.